The minimum absolute atomic E-state index is 0.0548. The standard InChI is InChI=1S/C21H20F3N5O/c22-21(23,24)15-10-14(16-11-17-20(27-13-26-17)18(12-25)28-16)4-5-19(15)30-9-8-29-6-2-1-3-7-29/h4-5,10-11,13H,1-3,6-9H2,(H,26,27). The van der Waals surface area contributed by atoms with Gasteiger partial charge in [-0.15, -0.1) is 0 Å². The molecule has 0 unspecified atom stereocenters. The van der Waals surface area contributed by atoms with Crippen LogP contribution in [0.25, 0.3) is 22.3 Å². The first-order valence-corrected chi connectivity index (χ1v) is 9.77. The molecule has 1 saturated heterocycles. The van der Waals surface area contributed by atoms with Gasteiger partial charge in [-0.3, -0.25) is 4.90 Å². The molecule has 6 nitrogen and oxygen atoms in total. The van der Waals surface area contributed by atoms with E-state index in [1.54, 1.807) is 6.07 Å². The molecular weight excluding hydrogens is 395 g/mol. The summed E-state index contributed by atoms with van der Waals surface area (Å²) in [5, 5.41) is 9.29. The molecule has 1 N–H and O–H groups in total. The van der Waals surface area contributed by atoms with Crippen LogP contribution in [0.1, 0.15) is 30.5 Å². The summed E-state index contributed by atoms with van der Waals surface area (Å²) >= 11 is 0. The summed E-state index contributed by atoms with van der Waals surface area (Å²) in [7, 11) is 0. The van der Waals surface area contributed by atoms with Gasteiger partial charge >= 0.3 is 6.18 Å². The topological polar surface area (TPSA) is 77.8 Å². The third-order valence-corrected chi connectivity index (χ3v) is 5.21. The minimum Gasteiger partial charge on any atom is -0.492 e. The first-order valence-electron chi connectivity index (χ1n) is 9.77. The maximum atomic E-state index is 13.7. The highest BCUT2D eigenvalue weighted by atomic mass is 19.4. The summed E-state index contributed by atoms with van der Waals surface area (Å²) in [6.07, 6.45) is 0.259. The number of piperidine rings is 1. The van der Waals surface area contributed by atoms with E-state index in [2.05, 4.69) is 19.9 Å². The SMILES string of the molecule is N#Cc1nc(-c2ccc(OCCN3CCCCC3)c(C(F)(F)F)c2)cc2[nH]cnc12. The summed E-state index contributed by atoms with van der Waals surface area (Å²) in [6, 6.07) is 7.37. The largest absolute Gasteiger partial charge is 0.492 e. The van der Waals surface area contributed by atoms with Crippen molar-refractivity contribution >= 4 is 11.0 Å². The van der Waals surface area contributed by atoms with Gasteiger partial charge in [0.2, 0.25) is 0 Å². The predicted octanol–water partition coefficient (Wildman–Crippen LogP) is 4.38. The van der Waals surface area contributed by atoms with Crippen molar-refractivity contribution in [2.24, 2.45) is 0 Å². The van der Waals surface area contributed by atoms with Crippen molar-refractivity contribution in [1.29, 1.82) is 5.26 Å². The molecule has 156 valence electrons. The van der Waals surface area contributed by atoms with Crippen molar-refractivity contribution in [1.82, 2.24) is 19.9 Å². The van der Waals surface area contributed by atoms with Gasteiger partial charge < -0.3 is 9.72 Å². The highest BCUT2D eigenvalue weighted by molar-refractivity contribution is 5.83. The van der Waals surface area contributed by atoms with Crippen LogP contribution in [0, 0.1) is 11.3 Å². The van der Waals surface area contributed by atoms with Crippen LogP contribution in [0.5, 0.6) is 5.75 Å². The van der Waals surface area contributed by atoms with E-state index in [0.717, 1.165) is 32.0 Å². The van der Waals surface area contributed by atoms with Crippen LogP contribution in [0.3, 0.4) is 0 Å². The number of nitriles is 1. The Balaban J connectivity index is 1.61. The van der Waals surface area contributed by atoms with Gasteiger partial charge in [-0.25, -0.2) is 9.97 Å². The fourth-order valence-corrected chi connectivity index (χ4v) is 3.68. The average molecular weight is 415 g/mol. The zero-order valence-corrected chi connectivity index (χ0v) is 16.2. The van der Waals surface area contributed by atoms with Crippen LogP contribution >= 0.6 is 0 Å². The number of alkyl halides is 3. The number of halogens is 3. The number of hydrogen-bond donors (Lipinski definition) is 1. The summed E-state index contributed by atoms with van der Waals surface area (Å²) in [5.74, 6) is -0.202. The molecule has 3 aromatic rings. The van der Waals surface area contributed by atoms with Gasteiger partial charge in [-0.05, 0) is 50.2 Å². The van der Waals surface area contributed by atoms with Crippen LogP contribution in [0.4, 0.5) is 13.2 Å². The van der Waals surface area contributed by atoms with Crippen LogP contribution in [0.2, 0.25) is 0 Å². The summed E-state index contributed by atoms with van der Waals surface area (Å²) in [6.45, 7) is 2.71. The van der Waals surface area contributed by atoms with Gasteiger partial charge in [0.15, 0.2) is 5.69 Å². The second kappa shape index (κ2) is 8.32. The molecule has 0 spiro atoms. The smallest absolute Gasteiger partial charge is 0.419 e. The molecule has 30 heavy (non-hydrogen) atoms. The first-order chi connectivity index (χ1) is 14.5. The summed E-state index contributed by atoms with van der Waals surface area (Å²) < 4.78 is 46.6. The van der Waals surface area contributed by atoms with Gasteiger partial charge in [0.1, 0.15) is 23.9 Å². The van der Waals surface area contributed by atoms with E-state index in [1.165, 1.54) is 24.9 Å². The Morgan fingerprint density at radius 2 is 1.97 bits per heavy atom. The molecule has 0 aliphatic carbocycles. The predicted molar refractivity (Wildman–Crippen MR) is 105 cm³/mol. The number of rotatable bonds is 5. The fraction of sp³-hybridized carbons (Fsp3) is 0.381. The Morgan fingerprint density at radius 3 is 2.70 bits per heavy atom. The van der Waals surface area contributed by atoms with Crippen LogP contribution in [0.15, 0.2) is 30.6 Å². The number of aromatic nitrogens is 3. The molecule has 1 fully saturated rings. The van der Waals surface area contributed by atoms with Crippen molar-refractivity contribution in [3.05, 3.63) is 41.9 Å². The third kappa shape index (κ3) is 4.24. The molecule has 3 heterocycles. The Morgan fingerprint density at radius 1 is 1.17 bits per heavy atom. The molecule has 4 rings (SSSR count). The maximum Gasteiger partial charge on any atom is 0.419 e. The van der Waals surface area contributed by atoms with E-state index in [4.69, 9.17) is 4.74 Å². The van der Waals surface area contributed by atoms with E-state index in [1.807, 2.05) is 6.07 Å². The number of imidazole rings is 1. The molecule has 0 radical (unpaired) electrons. The van der Waals surface area contributed by atoms with Gasteiger partial charge in [-0.1, -0.05) is 6.42 Å². The summed E-state index contributed by atoms with van der Waals surface area (Å²) in [5.41, 5.74) is 0.622. The number of ether oxygens (including phenoxy) is 1. The molecule has 0 bridgehead atoms. The van der Waals surface area contributed by atoms with E-state index in [0.29, 0.717) is 17.6 Å². The average Bonchev–Trinajstić information content (AvgIpc) is 3.22. The minimum atomic E-state index is -4.58. The lowest BCUT2D eigenvalue weighted by atomic mass is 10.1. The van der Waals surface area contributed by atoms with Gasteiger partial charge in [0, 0.05) is 12.1 Å². The molecule has 1 aliphatic heterocycles. The number of H-pyrrole nitrogens is 1. The molecule has 2 aromatic heterocycles. The molecule has 1 aliphatic rings. The number of likely N-dealkylation sites (tertiary alicyclic amines) is 1. The van der Waals surface area contributed by atoms with Crippen molar-refractivity contribution in [2.45, 2.75) is 25.4 Å². The van der Waals surface area contributed by atoms with E-state index in [-0.39, 0.29) is 29.3 Å². The molecule has 0 saturated carbocycles. The van der Waals surface area contributed by atoms with Crippen LogP contribution < -0.4 is 4.74 Å². The Kier molecular flexibility index (Phi) is 5.59. The van der Waals surface area contributed by atoms with Crippen molar-refractivity contribution in [3.63, 3.8) is 0 Å². The molecule has 9 heteroatoms. The first kappa shape index (κ1) is 20.2. The lowest BCUT2D eigenvalue weighted by Crippen LogP contribution is -2.33. The van der Waals surface area contributed by atoms with E-state index >= 15 is 0 Å². The zero-order valence-electron chi connectivity index (χ0n) is 16.2. The van der Waals surface area contributed by atoms with Gasteiger partial charge in [0.25, 0.3) is 0 Å². The second-order valence-electron chi connectivity index (χ2n) is 7.23. The molecular formula is C21H20F3N5O. The Labute approximate surface area is 171 Å². The quantitative estimate of drug-likeness (QED) is 0.669. The lowest BCUT2D eigenvalue weighted by molar-refractivity contribution is -0.138. The van der Waals surface area contributed by atoms with Crippen LogP contribution in [-0.4, -0.2) is 46.1 Å². The number of hydrogen-bond acceptors (Lipinski definition) is 5. The molecule has 0 atom stereocenters. The second-order valence-corrected chi connectivity index (χ2v) is 7.23. The van der Waals surface area contributed by atoms with Crippen molar-refractivity contribution in [3.8, 4) is 23.1 Å². The number of nitrogens with one attached hydrogen (secondary N) is 1. The van der Waals surface area contributed by atoms with Crippen molar-refractivity contribution < 1.29 is 17.9 Å². The summed E-state index contributed by atoms with van der Waals surface area (Å²) in [4.78, 5) is 13.3. The number of nitrogens with zero attached hydrogens (tertiary/aromatic N) is 4. The fourth-order valence-electron chi connectivity index (χ4n) is 3.68. The number of benzene rings is 1. The third-order valence-electron chi connectivity index (χ3n) is 5.21. The van der Waals surface area contributed by atoms with E-state index in [9.17, 15) is 18.4 Å². The maximum absolute atomic E-state index is 13.7. The van der Waals surface area contributed by atoms with E-state index < -0.39 is 11.7 Å². The zero-order chi connectivity index (χ0) is 21.1. The number of pyridine rings is 1. The lowest BCUT2D eigenvalue weighted by Gasteiger charge is -2.26. The number of fused-ring (bicyclic) bond motifs is 1. The number of aromatic amines is 1. The highest BCUT2D eigenvalue weighted by Crippen LogP contribution is 2.39. The monoisotopic (exact) mass is 415 g/mol. The van der Waals surface area contributed by atoms with Crippen molar-refractivity contribution in [2.75, 3.05) is 26.2 Å². The molecule has 1 aromatic carbocycles. The Bertz CT molecular complexity index is 1080. The van der Waals surface area contributed by atoms with Gasteiger partial charge in [-0.2, -0.15) is 18.4 Å². The normalized spacial score (nSPS) is 15.3. The Hall–Kier alpha value is -3.12. The van der Waals surface area contributed by atoms with Gasteiger partial charge in [0.05, 0.1) is 23.1 Å². The highest BCUT2D eigenvalue weighted by Gasteiger charge is 2.35. The van der Waals surface area contributed by atoms with Crippen LogP contribution in [-0.2, 0) is 6.18 Å². The molecule has 0 amide bonds.